The van der Waals surface area contributed by atoms with Gasteiger partial charge in [-0.2, -0.15) is 0 Å². The van der Waals surface area contributed by atoms with Gasteiger partial charge < -0.3 is 10.1 Å². The van der Waals surface area contributed by atoms with Crippen molar-refractivity contribution in [2.75, 3.05) is 7.05 Å². The first-order chi connectivity index (χ1) is 11.4. The molecule has 0 aromatic rings. The van der Waals surface area contributed by atoms with E-state index in [1.807, 2.05) is 0 Å². The van der Waals surface area contributed by atoms with Crippen LogP contribution in [0, 0.1) is 22.7 Å². The van der Waals surface area contributed by atoms with E-state index in [0.717, 1.165) is 24.7 Å². The van der Waals surface area contributed by atoms with E-state index in [-0.39, 0.29) is 10.8 Å². The quantitative estimate of drug-likeness (QED) is 0.370. The van der Waals surface area contributed by atoms with E-state index in [9.17, 15) is 4.79 Å². The highest BCUT2D eigenvalue weighted by Gasteiger charge is 2.55. The molecular weight excluding hydrogens is 294 g/mol. The third-order valence-corrected chi connectivity index (χ3v) is 7.36. The topological polar surface area (TPSA) is 29.1 Å². The standard InChI is InChI=1S/C22H43NO/c1-7-10-12-14-19-18(13-11-8-2)17-22(9-3,15-16-24)21(4,5)20(19)23-6/h16,18-20,23H,7-15,17H2,1-6H3. The van der Waals surface area contributed by atoms with Crippen molar-refractivity contribution in [2.45, 2.75) is 105 Å². The van der Waals surface area contributed by atoms with Crippen LogP contribution in [0.1, 0.15) is 98.8 Å². The highest BCUT2D eigenvalue weighted by molar-refractivity contribution is 5.51. The predicted octanol–water partition coefficient (Wildman–Crippen LogP) is 5.99. The van der Waals surface area contributed by atoms with Crippen molar-refractivity contribution in [2.24, 2.45) is 22.7 Å². The fourth-order valence-electron chi connectivity index (χ4n) is 5.69. The maximum absolute atomic E-state index is 11.5. The van der Waals surface area contributed by atoms with E-state index in [1.54, 1.807) is 0 Å². The van der Waals surface area contributed by atoms with Gasteiger partial charge >= 0.3 is 0 Å². The van der Waals surface area contributed by atoms with Crippen molar-refractivity contribution in [3.63, 3.8) is 0 Å². The average Bonchev–Trinajstić information content (AvgIpc) is 2.56. The lowest BCUT2D eigenvalue weighted by Crippen LogP contribution is -2.60. The molecule has 2 nitrogen and oxygen atoms in total. The third kappa shape index (κ3) is 4.42. The van der Waals surface area contributed by atoms with Crippen molar-refractivity contribution < 1.29 is 4.79 Å². The normalized spacial score (nSPS) is 32.7. The van der Waals surface area contributed by atoms with Crippen LogP contribution in [-0.4, -0.2) is 19.4 Å². The highest BCUT2D eigenvalue weighted by Crippen LogP contribution is 2.59. The van der Waals surface area contributed by atoms with Crippen LogP contribution in [0.25, 0.3) is 0 Å². The van der Waals surface area contributed by atoms with E-state index in [1.165, 1.54) is 57.7 Å². The number of aldehydes is 1. The van der Waals surface area contributed by atoms with Gasteiger partial charge in [0.1, 0.15) is 6.29 Å². The minimum Gasteiger partial charge on any atom is -0.316 e. The first-order valence-corrected chi connectivity index (χ1v) is 10.5. The summed E-state index contributed by atoms with van der Waals surface area (Å²) in [4.78, 5) is 11.5. The fraction of sp³-hybridized carbons (Fsp3) is 0.955. The number of carbonyl (C=O) groups excluding carboxylic acids is 1. The summed E-state index contributed by atoms with van der Waals surface area (Å²) in [5, 5.41) is 3.71. The summed E-state index contributed by atoms with van der Waals surface area (Å²) in [6.45, 7) is 11.7. The summed E-state index contributed by atoms with van der Waals surface area (Å²) in [7, 11) is 2.14. The van der Waals surface area contributed by atoms with Gasteiger partial charge in [0.2, 0.25) is 0 Å². The van der Waals surface area contributed by atoms with Gasteiger partial charge in [-0.05, 0) is 49.0 Å². The van der Waals surface area contributed by atoms with Crippen molar-refractivity contribution >= 4 is 6.29 Å². The maximum atomic E-state index is 11.5. The molecule has 4 unspecified atom stereocenters. The van der Waals surface area contributed by atoms with Crippen molar-refractivity contribution in [3.05, 3.63) is 0 Å². The first kappa shape index (κ1) is 21.7. The van der Waals surface area contributed by atoms with E-state index < -0.39 is 0 Å². The average molecular weight is 338 g/mol. The molecule has 0 aliphatic heterocycles. The van der Waals surface area contributed by atoms with Crippen LogP contribution < -0.4 is 5.32 Å². The zero-order valence-corrected chi connectivity index (χ0v) is 17.3. The molecule has 1 aliphatic rings. The molecule has 24 heavy (non-hydrogen) atoms. The van der Waals surface area contributed by atoms with Crippen LogP contribution in [0.3, 0.4) is 0 Å². The lowest BCUT2D eigenvalue weighted by atomic mass is 9.47. The summed E-state index contributed by atoms with van der Waals surface area (Å²) in [6, 6.07) is 0.518. The Bertz CT molecular complexity index is 365. The van der Waals surface area contributed by atoms with Gasteiger partial charge in [0.15, 0.2) is 0 Å². The fourth-order valence-corrected chi connectivity index (χ4v) is 5.69. The first-order valence-electron chi connectivity index (χ1n) is 10.5. The Morgan fingerprint density at radius 3 is 2.21 bits per heavy atom. The lowest BCUT2D eigenvalue weighted by Gasteiger charge is -2.60. The molecule has 1 rings (SSSR count). The van der Waals surface area contributed by atoms with E-state index in [4.69, 9.17) is 0 Å². The zero-order valence-electron chi connectivity index (χ0n) is 17.3. The Morgan fingerprint density at radius 1 is 1.04 bits per heavy atom. The molecule has 142 valence electrons. The molecular formula is C22H43NO. The van der Waals surface area contributed by atoms with Gasteiger partial charge in [-0.3, -0.25) is 0 Å². The molecule has 0 bridgehead atoms. The summed E-state index contributed by atoms with van der Waals surface area (Å²) < 4.78 is 0. The Hall–Kier alpha value is -0.370. The number of hydrogen-bond donors (Lipinski definition) is 1. The molecule has 0 heterocycles. The van der Waals surface area contributed by atoms with E-state index in [0.29, 0.717) is 6.04 Å². The van der Waals surface area contributed by atoms with Crippen molar-refractivity contribution in [1.82, 2.24) is 5.32 Å². The molecule has 1 fully saturated rings. The van der Waals surface area contributed by atoms with Crippen LogP contribution in [0.5, 0.6) is 0 Å². The summed E-state index contributed by atoms with van der Waals surface area (Å²) in [5.74, 6) is 1.53. The van der Waals surface area contributed by atoms with Gasteiger partial charge in [-0.25, -0.2) is 0 Å². The van der Waals surface area contributed by atoms with Crippen molar-refractivity contribution in [1.29, 1.82) is 0 Å². The molecule has 0 amide bonds. The number of nitrogens with one attached hydrogen (secondary N) is 1. The summed E-state index contributed by atoms with van der Waals surface area (Å²) in [5.41, 5.74) is 0.319. The van der Waals surface area contributed by atoms with Crippen LogP contribution in [-0.2, 0) is 4.79 Å². The largest absolute Gasteiger partial charge is 0.316 e. The zero-order chi connectivity index (χ0) is 18.2. The van der Waals surface area contributed by atoms with E-state index >= 15 is 0 Å². The Labute approximate surface area is 151 Å². The molecule has 0 saturated heterocycles. The van der Waals surface area contributed by atoms with Crippen molar-refractivity contribution in [3.8, 4) is 0 Å². The molecule has 0 radical (unpaired) electrons. The smallest absolute Gasteiger partial charge is 0.120 e. The second-order valence-corrected chi connectivity index (χ2v) is 8.76. The Morgan fingerprint density at radius 2 is 1.71 bits per heavy atom. The highest BCUT2D eigenvalue weighted by atomic mass is 16.1. The summed E-state index contributed by atoms with van der Waals surface area (Å²) in [6.07, 6.45) is 13.5. The molecule has 1 aliphatic carbocycles. The molecule has 4 atom stereocenters. The molecule has 1 N–H and O–H groups in total. The van der Waals surface area contributed by atoms with E-state index in [2.05, 4.69) is 47.0 Å². The molecule has 2 heteroatoms. The lowest BCUT2D eigenvalue weighted by molar-refractivity contribution is -0.121. The molecule has 0 aromatic carbocycles. The minimum atomic E-state index is 0.155. The molecule has 0 spiro atoms. The van der Waals surface area contributed by atoms with Gasteiger partial charge in [-0.15, -0.1) is 0 Å². The predicted molar refractivity (Wildman–Crippen MR) is 105 cm³/mol. The monoisotopic (exact) mass is 337 g/mol. The van der Waals surface area contributed by atoms with Gasteiger partial charge in [0.05, 0.1) is 0 Å². The van der Waals surface area contributed by atoms with Crippen LogP contribution in [0.15, 0.2) is 0 Å². The molecule has 0 aromatic heterocycles. The third-order valence-electron chi connectivity index (χ3n) is 7.36. The van der Waals surface area contributed by atoms with Crippen LogP contribution in [0.2, 0.25) is 0 Å². The maximum Gasteiger partial charge on any atom is 0.120 e. The van der Waals surface area contributed by atoms with Crippen LogP contribution in [0.4, 0.5) is 0 Å². The summed E-state index contributed by atoms with van der Waals surface area (Å²) >= 11 is 0. The second kappa shape index (κ2) is 9.94. The molecule has 1 saturated carbocycles. The Kier molecular flexibility index (Phi) is 8.98. The van der Waals surface area contributed by atoms with Crippen LogP contribution >= 0.6 is 0 Å². The second-order valence-electron chi connectivity index (χ2n) is 8.76. The van der Waals surface area contributed by atoms with Gasteiger partial charge in [-0.1, -0.05) is 73.1 Å². The minimum absolute atomic E-state index is 0.155. The number of carbonyl (C=O) groups is 1. The number of rotatable bonds is 11. The van der Waals surface area contributed by atoms with Gasteiger partial charge in [0.25, 0.3) is 0 Å². The number of hydrogen-bond acceptors (Lipinski definition) is 2. The van der Waals surface area contributed by atoms with Gasteiger partial charge in [0, 0.05) is 12.5 Å². The Balaban J connectivity index is 3.14. The number of unbranched alkanes of at least 4 members (excludes halogenated alkanes) is 3. The SMILES string of the molecule is CCCCCC1C(CCCC)CC(CC)(CC=O)C(C)(C)C1NC.